The largest absolute Gasteiger partial charge is 0.370 e. The van der Waals surface area contributed by atoms with Gasteiger partial charge in [-0.25, -0.2) is 0 Å². The summed E-state index contributed by atoms with van der Waals surface area (Å²) < 4.78 is 1.42. The van der Waals surface area contributed by atoms with Crippen molar-refractivity contribution in [1.29, 1.82) is 5.26 Å². The summed E-state index contributed by atoms with van der Waals surface area (Å²) in [6, 6.07) is 13.8. The number of nitrogens with zero attached hydrogens (tertiary/aromatic N) is 4. The highest BCUT2D eigenvalue weighted by Crippen LogP contribution is 2.32. The maximum Gasteiger partial charge on any atom is 0.270 e. The predicted octanol–water partition coefficient (Wildman–Crippen LogP) is 4.59. The number of fused-ring (bicyclic) bond motifs is 1. The number of nitro benzene ring substituents is 1. The number of anilines is 1. The molecular weight excluding hydrogens is 380 g/mol. The third-order valence-corrected chi connectivity index (χ3v) is 5.68. The number of hydrogen-bond donors (Lipinski definition) is 0. The lowest BCUT2D eigenvalue weighted by atomic mass is 9.91. The summed E-state index contributed by atoms with van der Waals surface area (Å²) in [4.78, 5) is 26.6. The van der Waals surface area contributed by atoms with Gasteiger partial charge in [-0.2, -0.15) is 5.26 Å². The van der Waals surface area contributed by atoms with Crippen LogP contribution in [0.2, 0.25) is 0 Å². The van der Waals surface area contributed by atoms with Gasteiger partial charge in [0.05, 0.1) is 27.3 Å². The predicted molar refractivity (Wildman–Crippen MR) is 115 cm³/mol. The van der Waals surface area contributed by atoms with E-state index in [0.29, 0.717) is 34.0 Å². The molecule has 7 heteroatoms. The van der Waals surface area contributed by atoms with Crippen LogP contribution in [0.1, 0.15) is 36.2 Å². The van der Waals surface area contributed by atoms with E-state index < -0.39 is 4.92 Å². The number of carbonyl (C=O) groups is 1. The highest BCUT2D eigenvalue weighted by Gasteiger charge is 2.28. The van der Waals surface area contributed by atoms with Crippen molar-refractivity contribution in [3.63, 3.8) is 0 Å². The molecule has 0 bridgehead atoms. The average molecular weight is 402 g/mol. The molecule has 1 fully saturated rings. The highest BCUT2D eigenvalue weighted by atomic mass is 16.6. The van der Waals surface area contributed by atoms with E-state index in [9.17, 15) is 20.2 Å². The first-order valence-electron chi connectivity index (χ1n) is 9.97. The molecule has 2 heterocycles. The van der Waals surface area contributed by atoms with Crippen LogP contribution in [0.5, 0.6) is 0 Å². The number of hydrogen-bond acceptors (Lipinski definition) is 5. The number of nitro groups is 1. The van der Waals surface area contributed by atoms with Crippen LogP contribution in [0.15, 0.2) is 48.7 Å². The molecule has 4 rings (SSSR count). The number of rotatable bonds is 3. The fourth-order valence-electron chi connectivity index (χ4n) is 4.51. The summed E-state index contributed by atoms with van der Waals surface area (Å²) >= 11 is 0. The minimum Gasteiger partial charge on any atom is -0.370 e. The minimum atomic E-state index is -0.490. The lowest BCUT2D eigenvalue weighted by molar-refractivity contribution is -0.384. The first-order chi connectivity index (χ1) is 14.4. The average Bonchev–Trinajstić information content (AvgIpc) is 3.11. The van der Waals surface area contributed by atoms with E-state index in [2.05, 4.69) is 24.8 Å². The van der Waals surface area contributed by atoms with Gasteiger partial charge in [-0.05, 0) is 30.4 Å². The number of benzene rings is 2. The van der Waals surface area contributed by atoms with Gasteiger partial charge in [0.2, 0.25) is 0 Å². The maximum absolute atomic E-state index is 13.6. The summed E-state index contributed by atoms with van der Waals surface area (Å²) in [7, 11) is 0. The van der Waals surface area contributed by atoms with Gasteiger partial charge in [0.15, 0.2) is 0 Å². The summed E-state index contributed by atoms with van der Waals surface area (Å²) in [5.74, 6) is 0.547. The fraction of sp³-hybridized carbons (Fsp3) is 0.304. The number of nitriles is 1. The van der Waals surface area contributed by atoms with Gasteiger partial charge in [0.1, 0.15) is 6.07 Å². The van der Waals surface area contributed by atoms with E-state index in [4.69, 9.17) is 0 Å². The van der Waals surface area contributed by atoms with Crippen molar-refractivity contribution in [2.24, 2.45) is 11.8 Å². The number of non-ortho nitro benzene ring substituents is 1. The lowest BCUT2D eigenvalue weighted by Crippen LogP contribution is -2.39. The molecule has 2 atom stereocenters. The zero-order chi connectivity index (χ0) is 21.4. The summed E-state index contributed by atoms with van der Waals surface area (Å²) in [5.41, 5.74) is 1.84. The van der Waals surface area contributed by atoms with Crippen LogP contribution in [0, 0.1) is 33.3 Å². The van der Waals surface area contributed by atoms with Gasteiger partial charge in [-0.3, -0.25) is 19.5 Å². The SMILES string of the molecule is CC1CC(C)CN(c2ccc([N+](=O)[O-])cc2C(=O)n2cc(C#N)c3ccccc32)C1. The van der Waals surface area contributed by atoms with Gasteiger partial charge in [-0.1, -0.05) is 32.0 Å². The van der Waals surface area contributed by atoms with Crippen LogP contribution in [0.3, 0.4) is 0 Å². The van der Waals surface area contributed by atoms with Gasteiger partial charge in [0.25, 0.3) is 11.6 Å². The van der Waals surface area contributed by atoms with Crippen LogP contribution >= 0.6 is 0 Å². The highest BCUT2D eigenvalue weighted by molar-refractivity contribution is 6.07. The van der Waals surface area contributed by atoms with Gasteiger partial charge in [0, 0.05) is 36.8 Å². The van der Waals surface area contributed by atoms with Crippen molar-refractivity contribution in [2.45, 2.75) is 20.3 Å². The Kier molecular flexibility index (Phi) is 5.00. The smallest absolute Gasteiger partial charge is 0.270 e. The molecule has 1 aliphatic heterocycles. The molecule has 2 aromatic carbocycles. The van der Waals surface area contributed by atoms with E-state index in [0.717, 1.165) is 19.5 Å². The Hall–Kier alpha value is -3.66. The Morgan fingerprint density at radius 1 is 1.17 bits per heavy atom. The van der Waals surface area contributed by atoms with E-state index in [-0.39, 0.29) is 17.2 Å². The number of aromatic nitrogens is 1. The third-order valence-electron chi connectivity index (χ3n) is 5.68. The quantitative estimate of drug-likeness (QED) is 0.472. The zero-order valence-electron chi connectivity index (χ0n) is 16.9. The van der Waals surface area contributed by atoms with E-state index >= 15 is 0 Å². The normalized spacial score (nSPS) is 18.9. The molecule has 0 N–H and O–H groups in total. The maximum atomic E-state index is 13.6. The van der Waals surface area contributed by atoms with Crippen LogP contribution in [-0.4, -0.2) is 28.5 Å². The molecule has 7 nitrogen and oxygen atoms in total. The number of piperidine rings is 1. The van der Waals surface area contributed by atoms with Crippen molar-refractivity contribution in [1.82, 2.24) is 4.57 Å². The van der Waals surface area contributed by atoms with Crippen LogP contribution in [0.4, 0.5) is 11.4 Å². The van der Waals surface area contributed by atoms with Crippen LogP contribution in [-0.2, 0) is 0 Å². The molecule has 0 amide bonds. The molecular formula is C23H22N4O3. The second kappa shape index (κ2) is 7.64. The second-order valence-corrected chi connectivity index (χ2v) is 8.16. The molecule has 152 valence electrons. The fourth-order valence-corrected chi connectivity index (χ4v) is 4.51. The molecule has 1 saturated heterocycles. The Morgan fingerprint density at radius 2 is 1.87 bits per heavy atom. The lowest BCUT2D eigenvalue weighted by Gasteiger charge is -2.37. The van der Waals surface area contributed by atoms with Gasteiger partial charge < -0.3 is 4.90 Å². The Bertz CT molecular complexity index is 1180. The van der Waals surface area contributed by atoms with Gasteiger partial charge in [-0.15, -0.1) is 0 Å². The van der Waals surface area contributed by atoms with E-state index in [1.54, 1.807) is 24.3 Å². The summed E-state index contributed by atoms with van der Waals surface area (Å²) in [6.07, 6.45) is 2.62. The molecule has 1 aromatic heterocycles. The topological polar surface area (TPSA) is 92.2 Å². The molecule has 30 heavy (non-hydrogen) atoms. The second-order valence-electron chi connectivity index (χ2n) is 8.16. The van der Waals surface area contributed by atoms with Crippen LogP contribution in [0.25, 0.3) is 10.9 Å². The van der Waals surface area contributed by atoms with Crippen molar-refractivity contribution < 1.29 is 9.72 Å². The Morgan fingerprint density at radius 3 is 2.53 bits per heavy atom. The number of para-hydroxylation sites is 1. The Balaban J connectivity index is 1.87. The molecule has 1 aliphatic rings. The Labute approximate surface area is 174 Å². The standard InChI is InChI=1S/C23H22N4O3/c1-15-9-16(2)13-25(12-15)21-8-7-18(27(29)30)10-20(21)23(28)26-14-17(11-24)19-5-3-4-6-22(19)26/h3-8,10,14-16H,9,12-13H2,1-2H3. The molecule has 0 spiro atoms. The van der Waals surface area contributed by atoms with E-state index in [1.807, 2.05) is 6.07 Å². The van der Waals surface area contributed by atoms with Crippen molar-refractivity contribution >= 4 is 28.2 Å². The third kappa shape index (κ3) is 3.41. The first-order valence-corrected chi connectivity index (χ1v) is 9.97. The zero-order valence-corrected chi connectivity index (χ0v) is 16.9. The summed E-state index contributed by atoms with van der Waals surface area (Å²) in [6.45, 7) is 5.93. The van der Waals surface area contributed by atoms with Gasteiger partial charge >= 0.3 is 0 Å². The molecule has 0 radical (unpaired) electrons. The van der Waals surface area contributed by atoms with E-state index in [1.165, 1.54) is 22.9 Å². The molecule has 2 unspecified atom stereocenters. The monoisotopic (exact) mass is 402 g/mol. The van der Waals surface area contributed by atoms with Crippen molar-refractivity contribution in [3.8, 4) is 6.07 Å². The van der Waals surface area contributed by atoms with Crippen molar-refractivity contribution in [2.75, 3.05) is 18.0 Å². The number of carbonyl (C=O) groups excluding carboxylic acids is 1. The van der Waals surface area contributed by atoms with Crippen LogP contribution < -0.4 is 4.90 Å². The first kappa shape index (κ1) is 19.6. The molecule has 0 aliphatic carbocycles. The minimum absolute atomic E-state index is 0.128. The van der Waals surface area contributed by atoms with Crippen molar-refractivity contribution in [3.05, 3.63) is 69.9 Å². The summed E-state index contributed by atoms with van der Waals surface area (Å²) in [5, 5.41) is 21.5. The molecule has 3 aromatic rings. The molecule has 0 saturated carbocycles.